The molecule has 0 bridgehead atoms. The normalized spacial score (nSPS) is 13.6. The van der Waals surface area contributed by atoms with Crippen LogP contribution in [0, 0.1) is 5.92 Å². The predicted octanol–water partition coefficient (Wildman–Crippen LogP) is 1.07. The molecule has 6 heteroatoms. The van der Waals surface area contributed by atoms with Gasteiger partial charge in [-0.3, -0.25) is 14.4 Å². The molecule has 0 heterocycles. The summed E-state index contributed by atoms with van der Waals surface area (Å²) in [6.07, 6.45) is 1.64. The largest absolute Gasteiger partial charge is 0.428 e. The summed E-state index contributed by atoms with van der Waals surface area (Å²) in [6.45, 7) is 0.457. The zero-order chi connectivity index (χ0) is 13.0. The van der Waals surface area contributed by atoms with Gasteiger partial charge in [-0.25, -0.2) is 0 Å². The molecule has 1 fully saturated rings. The highest BCUT2D eigenvalue weighted by Crippen LogP contribution is 2.33. The molecule has 1 aromatic carbocycles. The van der Waals surface area contributed by atoms with Crippen LogP contribution in [0.5, 0.6) is 17.2 Å². The molecular formula is C12H10O6. The summed E-state index contributed by atoms with van der Waals surface area (Å²) in [5.74, 6) is 0.0281. The van der Waals surface area contributed by atoms with E-state index in [2.05, 4.69) is 9.47 Å². The number of rotatable bonds is 6. The lowest BCUT2D eigenvalue weighted by Crippen LogP contribution is -2.10. The first kappa shape index (κ1) is 12.1. The third-order valence-corrected chi connectivity index (χ3v) is 2.35. The fourth-order valence-electron chi connectivity index (χ4n) is 1.37. The average molecular weight is 250 g/mol. The molecular weight excluding hydrogens is 240 g/mol. The van der Waals surface area contributed by atoms with Crippen LogP contribution in [0.15, 0.2) is 18.2 Å². The van der Waals surface area contributed by atoms with Crippen LogP contribution in [0.25, 0.3) is 0 Å². The second kappa shape index (κ2) is 5.31. The van der Waals surface area contributed by atoms with Crippen molar-refractivity contribution in [3.63, 3.8) is 0 Å². The third kappa shape index (κ3) is 3.07. The minimum absolute atomic E-state index is 0.0592. The highest BCUT2D eigenvalue weighted by molar-refractivity contribution is 5.77. The van der Waals surface area contributed by atoms with Crippen LogP contribution in [-0.2, 0) is 14.4 Å². The van der Waals surface area contributed by atoms with E-state index in [9.17, 15) is 14.4 Å². The molecule has 6 nitrogen and oxygen atoms in total. The Balaban J connectivity index is 2.17. The number of ether oxygens (including phenoxy) is 3. The smallest absolute Gasteiger partial charge is 0.314 e. The zero-order valence-corrected chi connectivity index (χ0v) is 9.33. The van der Waals surface area contributed by atoms with Gasteiger partial charge >= 0.3 is 5.97 Å². The van der Waals surface area contributed by atoms with Crippen molar-refractivity contribution in [1.29, 1.82) is 0 Å². The highest BCUT2D eigenvalue weighted by atomic mass is 16.5. The second-order valence-corrected chi connectivity index (χ2v) is 3.76. The number of carbonyl (C=O) groups excluding carboxylic acids is 3. The van der Waals surface area contributed by atoms with Crippen LogP contribution < -0.4 is 14.2 Å². The van der Waals surface area contributed by atoms with Gasteiger partial charge in [0.15, 0.2) is 0 Å². The SMILES string of the molecule is O=COc1cc(OC=O)cc(OC(=O)C2CC2)c1. The van der Waals surface area contributed by atoms with Crippen molar-refractivity contribution in [3.05, 3.63) is 18.2 Å². The number of carbonyl (C=O) groups is 3. The summed E-state index contributed by atoms with van der Waals surface area (Å²) in [5.41, 5.74) is 0. The van der Waals surface area contributed by atoms with Crippen molar-refractivity contribution in [2.45, 2.75) is 12.8 Å². The van der Waals surface area contributed by atoms with Crippen molar-refractivity contribution in [3.8, 4) is 17.2 Å². The first-order valence-corrected chi connectivity index (χ1v) is 5.30. The highest BCUT2D eigenvalue weighted by Gasteiger charge is 2.31. The van der Waals surface area contributed by atoms with E-state index in [0.29, 0.717) is 0 Å². The van der Waals surface area contributed by atoms with E-state index >= 15 is 0 Å². The molecule has 0 spiro atoms. The molecule has 0 saturated heterocycles. The molecule has 0 unspecified atom stereocenters. The molecule has 1 aliphatic rings. The molecule has 0 N–H and O–H groups in total. The van der Waals surface area contributed by atoms with Gasteiger partial charge in [0.1, 0.15) is 17.2 Å². The van der Waals surface area contributed by atoms with Crippen molar-refractivity contribution in [2.24, 2.45) is 5.92 Å². The van der Waals surface area contributed by atoms with Gasteiger partial charge in [0.05, 0.1) is 5.92 Å². The number of benzene rings is 1. The minimum Gasteiger partial charge on any atom is -0.428 e. The van der Waals surface area contributed by atoms with E-state index in [0.717, 1.165) is 12.8 Å². The Bertz CT molecular complexity index is 449. The number of esters is 1. The molecule has 1 saturated carbocycles. The molecule has 0 aromatic heterocycles. The second-order valence-electron chi connectivity index (χ2n) is 3.76. The Morgan fingerprint density at radius 3 is 1.94 bits per heavy atom. The molecule has 18 heavy (non-hydrogen) atoms. The van der Waals surface area contributed by atoms with Crippen LogP contribution in [0.3, 0.4) is 0 Å². The van der Waals surface area contributed by atoms with Gasteiger partial charge in [0.2, 0.25) is 0 Å². The van der Waals surface area contributed by atoms with E-state index in [-0.39, 0.29) is 42.1 Å². The molecule has 1 aromatic rings. The Kier molecular flexibility index (Phi) is 3.57. The predicted molar refractivity (Wildman–Crippen MR) is 58.2 cm³/mol. The van der Waals surface area contributed by atoms with E-state index in [4.69, 9.17) is 4.74 Å². The standard InChI is InChI=1S/C12H10O6/c13-6-16-9-3-10(17-7-14)5-11(4-9)18-12(15)8-1-2-8/h3-8H,1-2H2. The summed E-state index contributed by atoms with van der Waals surface area (Å²) < 4.78 is 14.3. The van der Waals surface area contributed by atoms with E-state index in [1.807, 2.05) is 0 Å². The Hall–Kier alpha value is -2.37. The van der Waals surface area contributed by atoms with Crippen LogP contribution in [0.4, 0.5) is 0 Å². The van der Waals surface area contributed by atoms with Crippen molar-refractivity contribution >= 4 is 18.9 Å². The van der Waals surface area contributed by atoms with E-state index in [1.165, 1.54) is 18.2 Å². The van der Waals surface area contributed by atoms with Crippen LogP contribution in [-0.4, -0.2) is 18.9 Å². The van der Waals surface area contributed by atoms with Gasteiger partial charge in [-0.1, -0.05) is 0 Å². The molecule has 0 atom stereocenters. The first-order chi connectivity index (χ1) is 8.72. The summed E-state index contributed by atoms with van der Waals surface area (Å²) in [4.78, 5) is 32.0. The lowest BCUT2D eigenvalue weighted by Gasteiger charge is -2.07. The molecule has 0 aliphatic heterocycles. The van der Waals surface area contributed by atoms with Gasteiger partial charge in [-0.15, -0.1) is 0 Å². The maximum absolute atomic E-state index is 11.5. The van der Waals surface area contributed by atoms with Gasteiger partial charge < -0.3 is 14.2 Å². The first-order valence-electron chi connectivity index (χ1n) is 5.30. The molecule has 0 amide bonds. The number of hydrogen-bond donors (Lipinski definition) is 0. The summed E-state index contributed by atoms with van der Waals surface area (Å²) in [5, 5.41) is 0. The van der Waals surface area contributed by atoms with Gasteiger partial charge in [0, 0.05) is 18.2 Å². The zero-order valence-electron chi connectivity index (χ0n) is 9.33. The fourth-order valence-corrected chi connectivity index (χ4v) is 1.37. The van der Waals surface area contributed by atoms with Crippen LogP contribution >= 0.6 is 0 Å². The van der Waals surface area contributed by atoms with Crippen molar-refractivity contribution in [1.82, 2.24) is 0 Å². The molecule has 0 radical (unpaired) electrons. The van der Waals surface area contributed by atoms with Gasteiger partial charge in [-0.2, -0.15) is 0 Å². The quantitative estimate of drug-likeness (QED) is 0.427. The molecule has 2 rings (SSSR count). The van der Waals surface area contributed by atoms with E-state index < -0.39 is 0 Å². The number of hydrogen-bond acceptors (Lipinski definition) is 6. The monoisotopic (exact) mass is 250 g/mol. The Labute approximate surface area is 102 Å². The topological polar surface area (TPSA) is 78.9 Å². The fraction of sp³-hybridized carbons (Fsp3) is 0.250. The lowest BCUT2D eigenvalue weighted by atomic mass is 10.3. The van der Waals surface area contributed by atoms with Crippen LogP contribution in [0.2, 0.25) is 0 Å². The van der Waals surface area contributed by atoms with Gasteiger partial charge in [-0.05, 0) is 12.8 Å². The third-order valence-electron chi connectivity index (χ3n) is 2.35. The summed E-state index contributed by atoms with van der Waals surface area (Å²) in [7, 11) is 0. The van der Waals surface area contributed by atoms with Crippen molar-refractivity contribution < 1.29 is 28.6 Å². The van der Waals surface area contributed by atoms with Gasteiger partial charge in [0.25, 0.3) is 12.9 Å². The molecule has 1 aliphatic carbocycles. The Morgan fingerprint density at radius 1 is 1.00 bits per heavy atom. The van der Waals surface area contributed by atoms with Crippen molar-refractivity contribution in [2.75, 3.05) is 0 Å². The maximum atomic E-state index is 11.5. The van der Waals surface area contributed by atoms with Crippen LogP contribution in [0.1, 0.15) is 12.8 Å². The Morgan fingerprint density at radius 2 is 1.50 bits per heavy atom. The average Bonchev–Trinajstić information content (AvgIpc) is 3.13. The summed E-state index contributed by atoms with van der Waals surface area (Å²) in [6, 6.07) is 4.07. The minimum atomic E-state index is -0.338. The summed E-state index contributed by atoms with van der Waals surface area (Å²) >= 11 is 0. The molecule has 94 valence electrons. The maximum Gasteiger partial charge on any atom is 0.314 e. The van der Waals surface area contributed by atoms with E-state index in [1.54, 1.807) is 0 Å². The lowest BCUT2D eigenvalue weighted by molar-refractivity contribution is -0.135.